The van der Waals surface area contributed by atoms with Crippen LogP contribution in [0.3, 0.4) is 0 Å². The summed E-state index contributed by atoms with van der Waals surface area (Å²) < 4.78 is 24.6. The summed E-state index contributed by atoms with van der Waals surface area (Å²) in [5.41, 5.74) is 1.98. The van der Waals surface area contributed by atoms with Crippen molar-refractivity contribution in [2.45, 2.75) is 57.3 Å². The Morgan fingerprint density at radius 3 is 2.17 bits per heavy atom. The van der Waals surface area contributed by atoms with Gasteiger partial charge in [0, 0.05) is 11.6 Å². The average Bonchev–Trinajstić information content (AvgIpc) is 3.16. The van der Waals surface area contributed by atoms with Gasteiger partial charge in [-0.05, 0) is 50.7 Å². The molecule has 2 saturated carbocycles. The third-order valence-electron chi connectivity index (χ3n) is 5.31. The van der Waals surface area contributed by atoms with E-state index < -0.39 is 10.0 Å². The van der Waals surface area contributed by atoms with E-state index in [-0.39, 0.29) is 4.90 Å². The van der Waals surface area contributed by atoms with Gasteiger partial charge in [0.1, 0.15) is 0 Å². The number of hydrogen-bond donors (Lipinski definition) is 1. The lowest BCUT2D eigenvalue weighted by molar-refractivity contribution is 0.485. The lowest BCUT2D eigenvalue weighted by Gasteiger charge is -2.05. The predicted octanol–water partition coefficient (Wildman–Crippen LogP) is 3.87. The van der Waals surface area contributed by atoms with E-state index in [1.165, 1.54) is 38.5 Å². The van der Waals surface area contributed by atoms with Crippen LogP contribution in [0.1, 0.15) is 51.0 Å². The summed E-state index contributed by atoms with van der Waals surface area (Å²) in [7, 11) is -3.56. The zero-order valence-corrected chi connectivity index (χ0v) is 14.8. The van der Waals surface area contributed by atoms with Gasteiger partial charge in [-0.2, -0.15) is 13.5 Å². The first-order valence-electron chi connectivity index (χ1n) is 8.62. The van der Waals surface area contributed by atoms with E-state index in [1.807, 2.05) is 13.8 Å². The molecule has 5 heteroatoms. The van der Waals surface area contributed by atoms with Crippen LogP contribution >= 0.6 is 0 Å². The molecule has 126 valence electrons. The highest BCUT2D eigenvalue weighted by atomic mass is 32.2. The van der Waals surface area contributed by atoms with E-state index in [4.69, 9.17) is 0 Å². The summed E-state index contributed by atoms with van der Waals surface area (Å²) in [4.78, 5) is 2.68. The first-order chi connectivity index (χ1) is 11.0. The Bertz CT molecular complexity index is 665. The highest BCUT2D eigenvalue weighted by Gasteiger charge is 2.50. The average molecular weight is 334 g/mol. The van der Waals surface area contributed by atoms with E-state index in [1.54, 1.807) is 24.3 Å². The molecule has 0 bridgehead atoms. The fourth-order valence-corrected chi connectivity index (χ4v) is 4.81. The van der Waals surface area contributed by atoms with Crippen LogP contribution in [-0.2, 0) is 10.0 Å². The molecule has 0 amide bonds. The molecule has 3 rings (SSSR count). The van der Waals surface area contributed by atoms with Crippen molar-refractivity contribution in [3.05, 3.63) is 29.8 Å². The van der Waals surface area contributed by atoms with Gasteiger partial charge in [0.25, 0.3) is 10.0 Å². The fraction of sp³-hybridized carbons (Fsp3) is 0.611. The third kappa shape index (κ3) is 3.77. The number of nitrogens with zero attached hydrogens (tertiary/aromatic N) is 1. The second-order valence-electron chi connectivity index (χ2n) is 7.01. The molecule has 0 radical (unpaired) electrons. The van der Waals surface area contributed by atoms with Crippen molar-refractivity contribution in [1.82, 2.24) is 4.83 Å². The highest BCUT2D eigenvalue weighted by molar-refractivity contribution is 7.89. The number of fused-ring (bicyclic) bond motifs is 1. The maximum absolute atomic E-state index is 12.3. The van der Waals surface area contributed by atoms with Crippen molar-refractivity contribution in [3.8, 4) is 0 Å². The Morgan fingerprint density at radius 2 is 1.61 bits per heavy atom. The molecule has 2 atom stereocenters. The Labute approximate surface area is 139 Å². The maximum atomic E-state index is 12.3. The number of sulfonamides is 1. The van der Waals surface area contributed by atoms with Gasteiger partial charge >= 0.3 is 0 Å². The van der Waals surface area contributed by atoms with Crippen molar-refractivity contribution in [1.29, 1.82) is 0 Å². The quantitative estimate of drug-likeness (QED) is 0.671. The Balaban J connectivity index is 1.66. The molecule has 0 spiro atoms. The van der Waals surface area contributed by atoms with Crippen LogP contribution in [0.15, 0.2) is 34.3 Å². The predicted molar refractivity (Wildman–Crippen MR) is 92.8 cm³/mol. The summed E-state index contributed by atoms with van der Waals surface area (Å²) in [5.74, 6) is 1.93. The third-order valence-corrected chi connectivity index (χ3v) is 6.54. The molecular weight excluding hydrogens is 308 g/mol. The molecule has 0 heterocycles. The number of benzene rings is 1. The largest absolute Gasteiger partial charge is 0.276 e. The fourth-order valence-electron chi connectivity index (χ4n) is 3.94. The molecule has 2 fully saturated rings. The first-order valence-corrected chi connectivity index (χ1v) is 10.1. The topological polar surface area (TPSA) is 58.5 Å². The molecule has 1 aromatic rings. The summed E-state index contributed by atoms with van der Waals surface area (Å²) in [6, 6.07) is 6.84. The van der Waals surface area contributed by atoms with Crippen molar-refractivity contribution >= 4 is 15.7 Å². The zero-order chi connectivity index (χ0) is 16.4. The van der Waals surface area contributed by atoms with E-state index in [0.717, 1.165) is 23.1 Å². The molecule has 0 saturated heterocycles. The second kappa shape index (κ2) is 6.63. The molecule has 2 unspecified atom stereocenters. The molecule has 1 N–H and O–H groups in total. The van der Waals surface area contributed by atoms with Gasteiger partial charge in [0.05, 0.1) is 4.90 Å². The van der Waals surface area contributed by atoms with Crippen LogP contribution in [0.2, 0.25) is 0 Å². The zero-order valence-electron chi connectivity index (χ0n) is 14.0. The molecule has 2 aliphatic carbocycles. The van der Waals surface area contributed by atoms with Gasteiger partial charge in [-0.3, -0.25) is 0 Å². The van der Waals surface area contributed by atoms with Crippen molar-refractivity contribution in [2.24, 2.45) is 22.9 Å². The van der Waals surface area contributed by atoms with Crippen LogP contribution in [0.4, 0.5) is 0 Å². The van der Waals surface area contributed by atoms with Gasteiger partial charge in [-0.25, -0.2) is 4.83 Å². The van der Waals surface area contributed by atoms with Crippen LogP contribution in [-0.4, -0.2) is 14.1 Å². The lowest BCUT2D eigenvalue weighted by Crippen LogP contribution is -2.20. The molecule has 23 heavy (non-hydrogen) atoms. The van der Waals surface area contributed by atoms with Gasteiger partial charge in [-0.1, -0.05) is 43.4 Å². The van der Waals surface area contributed by atoms with E-state index in [0.29, 0.717) is 5.92 Å². The van der Waals surface area contributed by atoms with Crippen LogP contribution in [0.25, 0.3) is 0 Å². The van der Waals surface area contributed by atoms with Crippen LogP contribution < -0.4 is 4.83 Å². The van der Waals surface area contributed by atoms with Crippen LogP contribution in [0.5, 0.6) is 0 Å². The monoisotopic (exact) mass is 334 g/mol. The number of hydrazone groups is 1. The van der Waals surface area contributed by atoms with Crippen molar-refractivity contribution in [3.63, 3.8) is 0 Å². The standard InChI is InChI=1S/C18H26N2O2S/c1-13-9-11-15(12-10-13)23(21,22)20-19-14(2)18-16-7-5-3-4-6-8-17(16)18/h9-12,16-18,20H,3-8H2,1-2H3/b19-14+. The SMILES string of the molecule is C/C(=N\NS(=O)(=O)c1ccc(C)cc1)C1C2CCCCCCC21. The molecule has 4 nitrogen and oxygen atoms in total. The number of nitrogens with one attached hydrogen (secondary N) is 1. The number of aryl methyl sites for hydroxylation is 1. The van der Waals surface area contributed by atoms with E-state index >= 15 is 0 Å². The number of rotatable bonds is 4. The summed E-state index contributed by atoms with van der Waals surface area (Å²) in [6.07, 6.45) is 7.83. The minimum absolute atomic E-state index is 0.265. The summed E-state index contributed by atoms with van der Waals surface area (Å²) in [6.45, 7) is 3.90. The van der Waals surface area contributed by atoms with Gasteiger partial charge in [0.2, 0.25) is 0 Å². The maximum Gasteiger partial charge on any atom is 0.276 e. The Kier molecular flexibility index (Phi) is 4.76. The molecule has 0 aromatic heterocycles. The van der Waals surface area contributed by atoms with Gasteiger partial charge in [-0.15, -0.1) is 0 Å². The lowest BCUT2D eigenvalue weighted by atomic mass is 10.0. The minimum atomic E-state index is -3.56. The van der Waals surface area contributed by atoms with Crippen molar-refractivity contribution < 1.29 is 8.42 Å². The van der Waals surface area contributed by atoms with E-state index in [2.05, 4.69) is 9.93 Å². The second-order valence-corrected chi connectivity index (χ2v) is 8.67. The Morgan fingerprint density at radius 1 is 1.04 bits per heavy atom. The summed E-state index contributed by atoms with van der Waals surface area (Å²) >= 11 is 0. The molecule has 0 aliphatic heterocycles. The molecule has 1 aromatic carbocycles. The minimum Gasteiger partial charge on any atom is -0.200 e. The normalized spacial score (nSPS) is 28.4. The molecule has 2 aliphatic rings. The van der Waals surface area contributed by atoms with Crippen molar-refractivity contribution in [2.75, 3.05) is 0 Å². The van der Waals surface area contributed by atoms with E-state index in [9.17, 15) is 8.42 Å². The first kappa shape index (κ1) is 16.5. The van der Waals surface area contributed by atoms with Crippen LogP contribution in [0, 0.1) is 24.7 Å². The number of hydrogen-bond acceptors (Lipinski definition) is 3. The smallest absolute Gasteiger partial charge is 0.200 e. The summed E-state index contributed by atoms with van der Waals surface area (Å²) in [5, 5.41) is 4.22. The molecular formula is C18H26N2O2S. The van der Waals surface area contributed by atoms with Gasteiger partial charge < -0.3 is 0 Å². The van der Waals surface area contributed by atoms with Gasteiger partial charge in [0.15, 0.2) is 0 Å². The Hall–Kier alpha value is -1.36. The highest BCUT2D eigenvalue weighted by Crippen LogP contribution is 2.54.